The summed E-state index contributed by atoms with van der Waals surface area (Å²) in [4.78, 5) is 17.7. The van der Waals surface area contributed by atoms with Crippen LogP contribution in [0, 0.1) is 20.8 Å². The number of hydrogen-bond donors (Lipinski definition) is 2. The van der Waals surface area contributed by atoms with Gasteiger partial charge in [-0.3, -0.25) is 9.52 Å². The molecule has 3 rings (SSSR count). The molecule has 0 bridgehead atoms. The van der Waals surface area contributed by atoms with Gasteiger partial charge in [0.15, 0.2) is 0 Å². The monoisotopic (exact) mass is 443 g/mol. The van der Waals surface area contributed by atoms with E-state index in [0.29, 0.717) is 21.9 Å². The first-order chi connectivity index (χ1) is 14.2. The van der Waals surface area contributed by atoms with Crippen LogP contribution in [-0.2, 0) is 16.4 Å². The average molecular weight is 444 g/mol. The Morgan fingerprint density at radius 3 is 2.27 bits per heavy atom. The highest BCUT2D eigenvalue weighted by Gasteiger charge is 2.18. The fourth-order valence-electron chi connectivity index (χ4n) is 3.06. The summed E-state index contributed by atoms with van der Waals surface area (Å²) in [5, 5.41) is 3.76. The number of amides is 1. The Hall–Kier alpha value is -2.71. The summed E-state index contributed by atoms with van der Waals surface area (Å²) < 4.78 is 28.2. The van der Waals surface area contributed by atoms with Crippen molar-refractivity contribution in [3.8, 4) is 0 Å². The molecular formula is C22H25N3O3S2. The molecule has 1 amide bonds. The molecule has 2 aromatic carbocycles. The number of sulfonamides is 1. The van der Waals surface area contributed by atoms with E-state index < -0.39 is 10.0 Å². The van der Waals surface area contributed by atoms with Gasteiger partial charge in [0.25, 0.3) is 15.9 Å². The second kappa shape index (κ2) is 8.97. The third kappa shape index (κ3) is 4.88. The van der Waals surface area contributed by atoms with Crippen LogP contribution in [-0.4, -0.2) is 19.3 Å². The Balaban J connectivity index is 1.75. The summed E-state index contributed by atoms with van der Waals surface area (Å²) in [7, 11) is -3.74. The third-order valence-corrected chi connectivity index (χ3v) is 7.23. The van der Waals surface area contributed by atoms with Crippen LogP contribution in [0.15, 0.2) is 47.4 Å². The van der Waals surface area contributed by atoms with Gasteiger partial charge in [-0.1, -0.05) is 25.1 Å². The molecule has 2 N–H and O–H groups in total. The number of hydrogen-bond acceptors (Lipinski definition) is 5. The quantitative estimate of drug-likeness (QED) is 0.533. The molecule has 0 aliphatic heterocycles. The van der Waals surface area contributed by atoms with E-state index in [2.05, 4.69) is 21.9 Å². The first-order valence-corrected chi connectivity index (χ1v) is 12.0. The molecule has 0 fully saturated rings. The predicted molar refractivity (Wildman–Crippen MR) is 122 cm³/mol. The molecule has 6 nitrogen and oxygen atoms in total. The van der Waals surface area contributed by atoms with Crippen LogP contribution in [0.5, 0.6) is 0 Å². The Labute approximate surface area is 181 Å². The maximum absolute atomic E-state index is 12.8. The number of aryl methyl sites for hydroxylation is 4. The zero-order valence-electron chi connectivity index (χ0n) is 17.4. The van der Waals surface area contributed by atoms with Crippen molar-refractivity contribution >= 4 is 38.6 Å². The summed E-state index contributed by atoms with van der Waals surface area (Å²) in [6, 6.07) is 11.7. The molecule has 158 valence electrons. The van der Waals surface area contributed by atoms with Crippen LogP contribution in [0.25, 0.3) is 0 Å². The number of nitrogens with zero attached hydrogens (tertiary/aromatic N) is 1. The topological polar surface area (TPSA) is 88.2 Å². The summed E-state index contributed by atoms with van der Waals surface area (Å²) in [6.07, 6.45) is 1.82. The van der Waals surface area contributed by atoms with Gasteiger partial charge in [-0.05, 0) is 69.0 Å². The normalized spacial score (nSPS) is 11.3. The van der Waals surface area contributed by atoms with Gasteiger partial charge in [0.2, 0.25) is 0 Å². The minimum absolute atomic E-state index is 0.127. The number of aromatic nitrogens is 1. The second-order valence-electron chi connectivity index (χ2n) is 7.12. The van der Waals surface area contributed by atoms with Crippen LogP contribution >= 0.6 is 11.3 Å². The molecule has 30 heavy (non-hydrogen) atoms. The summed E-state index contributed by atoms with van der Waals surface area (Å²) in [5.74, 6) is -0.239. The van der Waals surface area contributed by atoms with Crippen LogP contribution in [0.4, 0.5) is 11.4 Å². The van der Waals surface area contributed by atoms with Gasteiger partial charge in [0, 0.05) is 5.69 Å². The van der Waals surface area contributed by atoms with Crippen molar-refractivity contribution in [1.82, 2.24) is 4.98 Å². The smallest absolute Gasteiger partial charge is 0.267 e. The van der Waals surface area contributed by atoms with Crippen LogP contribution < -0.4 is 10.0 Å². The Morgan fingerprint density at radius 2 is 1.67 bits per heavy atom. The van der Waals surface area contributed by atoms with Gasteiger partial charge in [0.1, 0.15) is 4.88 Å². The van der Waals surface area contributed by atoms with E-state index in [4.69, 9.17) is 0 Å². The minimum Gasteiger partial charge on any atom is -0.321 e. The average Bonchev–Trinajstić information content (AvgIpc) is 3.06. The van der Waals surface area contributed by atoms with Crippen molar-refractivity contribution in [2.24, 2.45) is 0 Å². The van der Waals surface area contributed by atoms with Gasteiger partial charge in [0.05, 0.1) is 21.3 Å². The zero-order valence-corrected chi connectivity index (χ0v) is 19.1. The van der Waals surface area contributed by atoms with Crippen molar-refractivity contribution in [3.05, 3.63) is 69.2 Å². The van der Waals surface area contributed by atoms with E-state index >= 15 is 0 Å². The lowest BCUT2D eigenvalue weighted by Gasteiger charge is -2.13. The molecule has 8 heteroatoms. The van der Waals surface area contributed by atoms with Gasteiger partial charge in [-0.15, -0.1) is 11.3 Å². The van der Waals surface area contributed by atoms with E-state index in [1.54, 1.807) is 12.1 Å². The van der Waals surface area contributed by atoms with E-state index in [1.165, 1.54) is 23.5 Å². The number of rotatable bonds is 7. The number of benzene rings is 2. The van der Waals surface area contributed by atoms with Crippen molar-refractivity contribution in [2.75, 3.05) is 10.0 Å². The molecule has 0 saturated heterocycles. The molecular weight excluding hydrogens is 418 g/mol. The summed E-state index contributed by atoms with van der Waals surface area (Å²) in [6.45, 7) is 7.61. The van der Waals surface area contributed by atoms with Crippen molar-refractivity contribution in [2.45, 2.75) is 45.4 Å². The van der Waals surface area contributed by atoms with E-state index in [-0.39, 0.29) is 10.8 Å². The second-order valence-corrected chi connectivity index (χ2v) is 9.89. The first kappa shape index (κ1) is 22.0. The number of carbonyl (C=O) groups excluding carboxylic acids is 1. The van der Waals surface area contributed by atoms with Crippen LogP contribution in [0.1, 0.15) is 44.8 Å². The molecule has 0 atom stereocenters. The predicted octanol–water partition coefficient (Wildman–Crippen LogP) is 5.07. The van der Waals surface area contributed by atoms with Crippen molar-refractivity contribution in [3.63, 3.8) is 0 Å². The number of thiazole rings is 1. The lowest BCUT2D eigenvalue weighted by Crippen LogP contribution is -2.15. The first-order valence-electron chi connectivity index (χ1n) is 9.68. The van der Waals surface area contributed by atoms with Crippen molar-refractivity contribution in [1.29, 1.82) is 0 Å². The molecule has 1 aromatic heterocycles. The molecule has 3 aromatic rings. The van der Waals surface area contributed by atoms with Crippen molar-refractivity contribution < 1.29 is 13.2 Å². The Bertz CT molecular complexity index is 1150. The van der Waals surface area contributed by atoms with Gasteiger partial charge in [-0.2, -0.15) is 0 Å². The molecule has 0 saturated carbocycles. The molecule has 0 aliphatic carbocycles. The summed E-state index contributed by atoms with van der Waals surface area (Å²) >= 11 is 1.39. The van der Waals surface area contributed by atoms with Gasteiger partial charge < -0.3 is 5.32 Å². The SMILES string of the molecule is CCCc1nc(C)c(C(=O)Nc2ccc(S(=O)(=O)Nc3c(C)cccc3C)cc2)s1. The lowest BCUT2D eigenvalue weighted by atomic mass is 10.1. The van der Waals surface area contributed by atoms with Crippen LogP contribution in [0.2, 0.25) is 0 Å². The standard InChI is InChI=1S/C22H25N3O3S2/c1-5-7-19-23-16(4)21(29-19)22(26)24-17-10-12-18(13-11-17)30(27,28)25-20-14(2)8-6-9-15(20)3/h6,8-13,25H,5,7H2,1-4H3,(H,24,26). The fraction of sp³-hybridized carbons (Fsp3) is 0.273. The highest BCUT2D eigenvalue weighted by Crippen LogP contribution is 2.25. The molecule has 0 radical (unpaired) electrons. The Morgan fingerprint density at radius 1 is 1.03 bits per heavy atom. The fourth-order valence-corrected chi connectivity index (χ4v) is 5.32. The Kier molecular flexibility index (Phi) is 6.58. The highest BCUT2D eigenvalue weighted by molar-refractivity contribution is 7.92. The molecule has 1 heterocycles. The lowest BCUT2D eigenvalue weighted by molar-refractivity contribution is 0.103. The molecule has 0 spiro atoms. The summed E-state index contributed by atoms with van der Waals surface area (Å²) in [5.41, 5.74) is 3.52. The van der Waals surface area contributed by atoms with E-state index in [9.17, 15) is 13.2 Å². The van der Waals surface area contributed by atoms with Gasteiger partial charge in [-0.25, -0.2) is 13.4 Å². The van der Waals surface area contributed by atoms with E-state index in [0.717, 1.165) is 29.0 Å². The minimum atomic E-state index is -3.74. The maximum atomic E-state index is 12.8. The maximum Gasteiger partial charge on any atom is 0.267 e. The molecule has 0 unspecified atom stereocenters. The third-order valence-electron chi connectivity index (χ3n) is 4.65. The zero-order chi connectivity index (χ0) is 21.9. The molecule has 0 aliphatic rings. The number of anilines is 2. The van der Waals surface area contributed by atoms with Crippen LogP contribution in [0.3, 0.4) is 0 Å². The van der Waals surface area contributed by atoms with E-state index in [1.807, 2.05) is 39.0 Å². The van der Waals surface area contributed by atoms with Gasteiger partial charge >= 0.3 is 0 Å². The number of carbonyl (C=O) groups is 1. The number of nitrogens with one attached hydrogen (secondary N) is 2. The highest BCUT2D eigenvalue weighted by atomic mass is 32.2. The number of para-hydroxylation sites is 1. The largest absolute Gasteiger partial charge is 0.321 e.